The Morgan fingerprint density at radius 3 is 2.59 bits per heavy atom. The summed E-state index contributed by atoms with van der Waals surface area (Å²) in [5.74, 6) is 0.770. The van der Waals surface area contributed by atoms with E-state index in [0.717, 1.165) is 49.0 Å². The van der Waals surface area contributed by atoms with Crippen LogP contribution in [0.2, 0.25) is 0 Å². The number of nitrogens with one attached hydrogen (secondary N) is 1. The molecule has 0 aromatic heterocycles. The lowest BCUT2D eigenvalue weighted by molar-refractivity contribution is -0.122. The fourth-order valence-corrected chi connectivity index (χ4v) is 4.49. The average Bonchev–Trinajstić information content (AvgIpc) is 2.97. The third-order valence-corrected chi connectivity index (χ3v) is 6.34. The van der Waals surface area contributed by atoms with E-state index in [2.05, 4.69) is 22.3 Å². The Hall–Kier alpha value is -2.33. The molecule has 0 radical (unpaired) electrons. The zero-order chi connectivity index (χ0) is 18.2. The number of benzene rings is 2. The summed E-state index contributed by atoms with van der Waals surface area (Å²) in [6, 6.07) is 15.1. The van der Waals surface area contributed by atoms with Crippen molar-refractivity contribution in [2.45, 2.75) is 50.7 Å². The Morgan fingerprint density at radius 1 is 1.00 bits per heavy atom. The van der Waals surface area contributed by atoms with E-state index in [1.54, 1.807) is 0 Å². The highest BCUT2D eigenvalue weighted by Crippen LogP contribution is 2.30. The second kappa shape index (κ2) is 7.01. The molecule has 5 rings (SSSR count). The van der Waals surface area contributed by atoms with Crippen molar-refractivity contribution in [3.63, 3.8) is 0 Å². The molecule has 140 valence electrons. The first-order valence-electron chi connectivity index (χ1n) is 10.2. The van der Waals surface area contributed by atoms with Crippen LogP contribution in [0.3, 0.4) is 0 Å². The van der Waals surface area contributed by atoms with Crippen LogP contribution >= 0.6 is 0 Å². The monoisotopic (exact) mass is 362 g/mol. The minimum Gasteiger partial charge on any atom is -0.480 e. The minimum atomic E-state index is -0.435. The van der Waals surface area contributed by atoms with Gasteiger partial charge in [0.2, 0.25) is 0 Å². The summed E-state index contributed by atoms with van der Waals surface area (Å²) in [5, 5.41) is 3.07. The van der Waals surface area contributed by atoms with Crippen LogP contribution in [0.4, 0.5) is 5.69 Å². The number of nitrogens with zero attached hydrogens (tertiary/aromatic N) is 1. The summed E-state index contributed by atoms with van der Waals surface area (Å²) >= 11 is 0. The van der Waals surface area contributed by atoms with Crippen LogP contribution in [0.25, 0.3) is 0 Å². The Bertz CT molecular complexity index is 834. The first-order chi connectivity index (χ1) is 13.3. The van der Waals surface area contributed by atoms with E-state index in [4.69, 9.17) is 4.74 Å². The molecule has 3 aliphatic rings. The predicted octanol–water partition coefficient (Wildman–Crippen LogP) is 3.58. The standard InChI is InChI=1S/C23H26N2O2/c26-23(22-15-18-4-1-2-7-21(18)27-22)24-19-9-8-16-10-12-25(20-5-3-6-20)13-11-17(16)14-19/h1-2,4,7-9,14,20,22H,3,5-6,10-13,15H2,(H,24,26). The number of hydrogen-bond donors (Lipinski definition) is 1. The van der Waals surface area contributed by atoms with Crippen LogP contribution in [0, 0.1) is 0 Å². The van der Waals surface area contributed by atoms with Crippen LogP contribution in [0.15, 0.2) is 42.5 Å². The topological polar surface area (TPSA) is 41.6 Å². The second-order valence-electron chi connectivity index (χ2n) is 8.01. The third-order valence-electron chi connectivity index (χ3n) is 6.34. The second-order valence-corrected chi connectivity index (χ2v) is 8.01. The Kier molecular flexibility index (Phi) is 4.36. The number of ether oxygens (including phenoxy) is 1. The van der Waals surface area contributed by atoms with Crippen molar-refractivity contribution in [2.24, 2.45) is 0 Å². The molecule has 2 aromatic carbocycles. The molecule has 1 saturated carbocycles. The van der Waals surface area contributed by atoms with Gasteiger partial charge >= 0.3 is 0 Å². The minimum absolute atomic E-state index is 0.0594. The van der Waals surface area contributed by atoms with Crippen LogP contribution in [0.1, 0.15) is 36.0 Å². The lowest BCUT2D eigenvalue weighted by Crippen LogP contribution is -2.41. The maximum Gasteiger partial charge on any atom is 0.265 e. The molecule has 2 aliphatic heterocycles. The van der Waals surface area contributed by atoms with Gasteiger partial charge in [0.15, 0.2) is 6.10 Å². The van der Waals surface area contributed by atoms with Crippen LogP contribution in [0.5, 0.6) is 5.75 Å². The van der Waals surface area contributed by atoms with Crippen LogP contribution in [-0.4, -0.2) is 36.0 Å². The molecule has 27 heavy (non-hydrogen) atoms. The molecular weight excluding hydrogens is 336 g/mol. The largest absolute Gasteiger partial charge is 0.480 e. The number of carbonyl (C=O) groups excluding carboxylic acids is 1. The smallest absolute Gasteiger partial charge is 0.265 e. The first-order valence-corrected chi connectivity index (χ1v) is 10.2. The molecule has 0 saturated heterocycles. The molecule has 1 fully saturated rings. The fourth-order valence-electron chi connectivity index (χ4n) is 4.49. The number of carbonyl (C=O) groups is 1. The summed E-state index contributed by atoms with van der Waals surface area (Å²) < 4.78 is 5.81. The van der Waals surface area contributed by atoms with Gasteiger partial charge in [-0.2, -0.15) is 0 Å². The molecule has 0 bridgehead atoms. The number of anilines is 1. The molecular formula is C23H26N2O2. The van der Waals surface area contributed by atoms with E-state index in [0.29, 0.717) is 6.42 Å². The molecule has 1 atom stereocenters. The van der Waals surface area contributed by atoms with Gasteiger partial charge in [-0.05, 0) is 60.6 Å². The van der Waals surface area contributed by atoms with Crippen LogP contribution < -0.4 is 10.1 Å². The summed E-state index contributed by atoms with van der Waals surface area (Å²) in [6.45, 7) is 2.30. The number of hydrogen-bond acceptors (Lipinski definition) is 3. The maximum absolute atomic E-state index is 12.7. The number of fused-ring (bicyclic) bond motifs is 2. The van der Waals surface area contributed by atoms with Crippen molar-refractivity contribution in [1.29, 1.82) is 0 Å². The van der Waals surface area contributed by atoms with Crippen molar-refractivity contribution in [2.75, 3.05) is 18.4 Å². The molecule has 1 amide bonds. The number of rotatable bonds is 3. The Balaban J connectivity index is 1.25. The van der Waals surface area contributed by atoms with E-state index in [1.165, 1.54) is 30.4 Å². The van der Waals surface area contributed by atoms with E-state index in [9.17, 15) is 4.79 Å². The molecule has 4 heteroatoms. The van der Waals surface area contributed by atoms with E-state index >= 15 is 0 Å². The van der Waals surface area contributed by atoms with E-state index < -0.39 is 6.10 Å². The van der Waals surface area contributed by atoms with E-state index in [-0.39, 0.29) is 5.91 Å². The maximum atomic E-state index is 12.7. The van der Waals surface area contributed by atoms with E-state index in [1.807, 2.05) is 30.3 Å². The predicted molar refractivity (Wildman–Crippen MR) is 106 cm³/mol. The van der Waals surface area contributed by atoms with Crippen LogP contribution in [-0.2, 0) is 24.1 Å². The molecule has 1 unspecified atom stereocenters. The molecule has 4 nitrogen and oxygen atoms in total. The molecule has 0 spiro atoms. The normalized spacial score (nSPS) is 22.1. The van der Waals surface area contributed by atoms with Gasteiger partial charge in [0.1, 0.15) is 5.75 Å². The van der Waals surface area contributed by atoms with Gasteiger partial charge in [0, 0.05) is 31.2 Å². The summed E-state index contributed by atoms with van der Waals surface area (Å²) in [7, 11) is 0. The Morgan fingerprint density at radius 2 is 1.81 bits per heavy atom. The van der Waals surface area contributed by atoms with Gasteiger partial charge in [-0.25, -0.2) is 0 Å². The quantitative estimate of drug-likeness (QED) is 0.907. The van der Waals surface area contributed by atoms with Gasteiger partial charge in [0.05, 0.1) is 0 Å². The van der Waals surface area contributed by atoms with Gasteiger partial charge in [-0.1, -0.05) is 30.7 Å². The lowest BCUT2D eigenvalue weighted by Gasteiger charge is -2.36. The van der Waals surface area contributed by atoms with Crippen molar-refractivity contribution >= 4 is 11.6 Å². The van der Waals surface area contributed by atoms with Gasteiger partial charge in [-0.15, -0.1) is 0 Å². The highest BCUT2D eigenvalue weighted by molar-refractivity contribution is 5.95. The summed E-state index contributed by atoms with van der Waals surface area (Å²) in [4.78, 5) is 15.3. The fraction of sp³-hybridized carbons (Fsp3) is 0.435. The van der Waals surface area contributed by atoms with Crippen molar-refractivity contribution in [3.8, 4) is 5.75 Å². The number of amides is 1. The van der Waals surface area contributed by atoms with Crippen molar-refractivity contribution < 1.29 is 9.53 Å². The summed E-state index contributed by atoms with van der Waals surface area (Å²) in [6.07, 6.45) is 6.50. The average molecular weight is 362 g/mol. The number of para-hydroxylation sites is 1. The molecule has 1 N–H and O–H groups in total. The molecule has 2 aromatic rings. The van der Waals surface area contributed by atoms with Crippen molar-refractivity contribution in [3.05, 3.63) is 59.2 Å². The van der Waals surface area contributed by atoms with Gasteiger partial charge in [0.25, 0.3) is 5.91 Å². The highest BCUT2D eigenvalue weighted by atomic mass is 16.5. The molecule has 2 heterocycles. The zero-order valence-electron chi connectivity index (χ0n) is 15.6. The van der Waals surface area contributed by atoms with Crippen molar-refractivity contribution in [1.82, 2.24) is 4.90 Å². The summed E-state index contributed by atoms with van der Waals surface area (Å²) in [5.41, 5.74) is 4.80. The SMILES string of the molecule is O=C(Nc1ccc2c(c1)CCN(C1CCC1)CC2)C1Cc2ccccc2O1. The highest BCUT2D eigenvalue weighted by Gasteiger charge is 2.29. The first kappa shape index (κ1) is 16.8. The lowest BCUT2D eigenvalue weighted by atomic mass is 9.91. The van der Waals surface area contributed by atoms with Gasteiger partial charge in [-0.3, -0.25) is 9.69 Å². The zero-order valence-corrected chi connectivity index (χ0v) is 15.6. The molecule has 1 aliphatic carbocycles. The Labute approximate surface area is 160 Å². The van der Waals surface area contributed by atoms with Gasteiger partial charge < -0.3 is 10.1 Å². The third kappa shape index (κ3) is 3.34.